The van der Waals surface area contributed by atoms with Crippen LogP contribution in [0.4, 0.5) is 5.69 Å². The molecule has 1 aromatic heterocycles. The third-order valence-corrected chi connectivity index (χ3v) is 3.22. The number of hydrogen-bond acceptors (Lipinski definition) is 5. The topological polar surface area (TPSA) is 61.5 Å². The van der Waals surface area contributed by atoms with Crippen molar-refractivity contribution in [1.82, 2.24) is 0 Å². The molecular weight excluding hydrogens is 250 g/mol. The fourth-order valence-corrected chi connectivity index (χ4v) is 2.10. The smallest absolute Gasteiger partial charge is 0.342 e. The lowest BCUT2D eigenvalue weighted by molar-refractivity contribution is 0.0473. The summed E-state index contributed by atoms with van der Waals surface area (Å²) >= 11 is 1.54. The van der Waals surface area contributed by atoms with E-state index in [0.717, 1.165) is 4.88 Å². The van der Waals surface area contributed by atoms with Crippen molar-refractivity contribution in [2.75, 3.05) is 12.8 Å². The molecule has 0 bridgehead atoms. The second-order valence-corrected chi connectivity index (χ2v) is 4.65. The molecule has 0 unspecified atom stereocenters. The minimum atomic E-state index is -0.416. The van der Waals surface area contributed by atoms with E-state index in [1.807, 2.05) is 17.5 Å². The van der Waals surface area contributed by atoms with Crippen LogP contribution in [0.2, 0.25) is 0 Å². The largest absolute Gasteiger partial charge is 0.496 e. The second-order valence-electron chi connectivity index (χ2n) is 3.62. The summed E-state index contributed by atoms with van der Waals surface area (Å²) in [5.74, 6) is 0.00595. The fourth-order valence-electron chi connectivity index (χ4n) is 1.49. The maximum atomic E-state index is 11.9. The van der Waals surface area contributed by atoms with Crippen molar-refractivity contribution in [2.45, 2.75) is 6.61 Å². The number of carbonyl (C=O) groups is 1. The van der Waals surface area contributed by atoms with E-state index < -0.39 is 5.97 Å². The van der Waals surface area contributed by atoms with Gasteiger partial charge in [0.25, 0.3) is 0 Å². The van der Waals surface area contributed by atoms with Crippen molar-refractivity contribution in [3.8, 4) is 5.75 Å². The average molecular weight is 263 g/mol. The van der Waals surface area contributed by atoms with Gasteiger partial charge in [0.1, 0.15) is 17.9 Å². The summed E-state index contributed by atoms with van der Waals surface area (Å²) in [6.45, 7) is 0.268. The van der Waals surface area contributed by atoms with Crippen LogP contribution in [0.3, 0.4) is 0 Å². The van der Waals surface area contributed by atoms with E-state index in [1.54, 1.807) is 29.5 Å². The minimum absolute atomic E-state index is 0.268. The summed E-state index contributed by atoms with van der Waals surface area (Å²) in [5.41, 5.74) is 6.55. The van der Waals surface area contributed by atoms with Crippen LogP contribution in [-0.2, 0) is 11.3 Å². The number of nitrogen functional groups attached to an aromatic ring is 1. The Bertz CT molecular complexity index is 537. The van der Waals surface area contributed by atoms with Crippen molar-refractivity contribution in [3.63, 3.8) is 0 Å². The first kappa shape index (κ1) is 12.4. The molecule has 0 spiro atoms. The van der Waals surface area contributed by atoms with E-state index in [-0.39, 0.29) is 6.61 Å². The number of esters is 1. The highest BCUT2D eigenvalue weighted by atomic mass is 32.1. The Labute approximate surface area is 109 Å². The van der Waals surface area contributed by atoms with Gasteiger partial charge in [0, 0.05) is 16.6 Å². The predicted octanol–water partition coefficient (Wildman–Crippen LogP) is 2.70. The number of anilines is 1. The first-order chi connectivity index (χ1) is 8.70. The molecule has 4 nitrogen and oxygen atoms in total. The van der Waals surface area contributed by atoms with Crippen LogP contribution in [0.25, 0.3) is 0 Å². The minimum Gasteiger partial charge on any atom is -0.496 e. The summed E-state index contributed by atoms with van der Waals surface area (Å²) in [6, 6.07) is 8.67. The van der Waals surface area contributed by atoms with Gasteiger partial charge in [-0.3, -0.25) is 0 Å². The van der Waals surface area contributed by atoms with Gasteiger partial charge in [-0.1, -0.05) is 6.07 Å². The lowest BCUT2D eigenvalue weighted by Gasteiger charge is -2.08. The van der Waals surface area contributed by atoms with Gasteiger partial charge < -0.3 is 15.2 Å². The second kappa shape index (κ2) is 5.55. The van der Waals surface area contributed by atoms with Gasteiger partial charge in [0.05, 0.1) is 7.11 Å². The number of carbonyl (C=O) groups excluding carboxylic acids is 1. The highest BCUT2D eigenvalue weighted by Gasteiger charge is 2.14. The molecule has 0 aliphatic heterocycles. The van der Waals surface area contributed by atoms with E-state index in [9.17, 15) is 4.79 Å². The molecule has 2 aromatic rings. The van der Waals surface area contributed by atoms with Crippen molar-refractivity contribution < 1.29 is 14.3 Å². The number of nitrogens with two attached hydrogens (primary N) is 1. The number of rotatable bonds is 4. The van der Waals surface area contributed by atoms with Crippen molar-refractivity contribution in [2.24, 2.45) is 0 Å². The SMILES string of the molecule is COc1cc(N)ccc1C(=O)OCc1cccs1. The summed E-state index contributed by atoms with van der Waals surface area (Å²) in [4.78, 5) is 12.9. The number of benzene rings is 1. The summed E-state index contributed by atoms with van der Waals surface area (Å²) < 4.78 is 10.3. The molecule has 0 aliphatic carbocycles. The quantitative estimate of drug-likeness (QED) is 0.680. The molecule has 94 valence electrons. The van der Waals surface area contributed by atoms with Crippen LogP contribution in [0.5, 0.6) is 5.75 Å². The number of methoxy groups -OCH3 is 1. The molecule has 0 radical (unpaired) electrons. The average Bonchev–Trinajstić information content (AvgIpc) is 2.88. The molecule has 1 heterocycles. The Balaban J connectivity index is 2.09. The molecule has 2 N–H and O–H groups in total. The standard InChI is InChI=1S/C13H13NO3S/c1-16-12-7-9(14)4-5-11(12)13(15)17-8-10-3-2-6-18-10/h2-7H,8,14H2,1H3. The van der Waals surface area contributed by atoms with Gasteiger partial charge >= 0.3 is 5.97 Å². The highest BCUT2D eigenvalue weighted by Crippen LogP contribution is 2.23. The van der Waals surface area contributed by atoms with Gasteiger partial charge in [-0.05, 0) is 23.6 Å². The molecule has 0 fully saturated rings. The van der Waals surface area contributed by atoms with E-state index in [2.05, 4.69) is 0 Å². The molecule has 0 saturated heterocycles. The van der Waals surface area contributed by atoms with Crippen LogP contribution in [0.15, 0.2) is 35.7 Å². The third kappa shape index (κ3) is 2.81. The van der Waals surface area contributed by atoms with Crippen molar-refractivity contribution >= 4 is 23.0 Å². The predicted molar refractivity (Wildman–Crippen MR) is 70.8 cm³/mol. The van der Waals surface area contributed by atoms with Crippen LogP contribution >= 0.6 is 11.3 Å². The zero-order valence-corrected chi connectivity index (χ0v) is 10.7. The van der Waals surface area contributed by atoms with Crippen molar-refractivity contribution in [1.29, 1.82) is 0 Å². The van der Waals surface area contributed by atoms with Gasteiger partial charge in [-0.25, -0.2) is 4.79 Å². The number of thiophene rings is 1. The van der Waals surface area contributed by atoms with E-state index in [0.29, 0.717) is 17.0 Å². The van der Waals surface area contributed by atoms with E-state index in [4.69, 9.17) is 15.2 Å². The fraction of sp³-hybridized carbons (Fsp3) is 0.154. The molecule has 0 aliphatic rings. The first-order valence-corrected chi connectivity index (χ1v) is 6.21. The molecule has 0 atom stereocenters. The normalized spacial score (nSPS) is 10.1. The zero-order valence-electron chi connectivity index (χ0n) is 9.88. The Morgan fingerprint density at radius 2 is 2.22 bits per heavy atom. The molecule has 0 saturated carbocycles. The third-order valence-electron chi connectivity index (χ3n) is 2.37. The van der Waals surface area contributed by atoms with Crippen LogP contribution in [0.1, 0.15) is 15.2 Å². The Hall–Kier alpha value is -2.01. The van der Waals surface area contributed by atoms with Gasteiger partial charge in [-0.2, -0.15) is 0 Å². The number of hydrogen-bond donors (Lipinski definition) is 1. The lowest BCUT2D eigenvalue weighted by atomic mass is 10.2. The van der Waals surface area contributed by atoms with Gasteiger partial charge in [0.2, 0.25) is 0 Å². The molecule has 2 rings (SSSR count). The lowest BCUT2D eigenvalue weighted by Crippen LogP contribution is -2.07. The van der Waals surface area contributed by atoms with Crippen molar-refractivity contribution in [3.05, 3.63) is 46.2 Å². The van der Waals surface area contributed by atoms with Crippen LogP contribution in [0, 0.1) is 0 Å². The molecule has 18 heavy (non-hydrogen) atoms. The molecule has 0 amide bonds. The highest BCUT2D eigenvalue weighted by molar-refractivity contribution is 7.09. The van der Waals surface area contributed by atoms with Crippen LogP contribution in [-0.4, -0.2) is 13.1 Å². The zero-order chi connectivity index (χ0) is 13.0. The summed E-state index contributed by atoms with van der Waals surface area (Å²) in [5, 5.41) is 1.94. The summed E-state index contributed by atoms with van der Waals surface area (Å²) in [6.07, 6.45) is 0. The van der Waals surface area contributed by atoms with E-state index >= 15 is 0 Å². The molecule has 1 aromatic carbocycles. The Kier molecular flexibility index (Phi) is 3.84. The Morgan fingerprint density at radius 1 is 1.39 bits per heavy atom. The summed E-state index contributed by atoms with van der Waals surface area (Å²) in [7, 11) is 1.49. The maximum absolute atomic E-state index is 11.9. The Morgan fingerprint density at radius 3 is 2.89 bits per heavy atom. The maximum Gasteiger partial charge on any atom is 0.342 e. The van der Waals surface area contributed by atoms with Gasteiger partial charge in [0.15, 0.2) is 0 Å². The molecule has 5 heteroatoms. The number of ether oxygens (including phenoxy) is 2. The first-order valence-electron chi connectivity index (χ1n) is 5.33. The molecular formula is C13H13NO3S. The monoisotopic (exact) mass is 263 g/mol. The van der Waals surface area contributed by atoms with Gasteiger partial charge in [-0.15, -0.1) is 11.3 Å². The van der Waals surface area contributed by atoms with E-state index in [1.165, 1.54) is 7.11 Å². The van der Waals surface area contributed by atoms with Crippen LogP contribution < -0.4 is 10.5 Å².